The summed E-state index contributed by atoms with van der Waals surface area (Å²) in [6.45, 7) is 0. The first-order valence-corrected chi connectivity index (χ1v) is 16.6. The Morgan fingerprint density at radius 1 is 0.468 bits per heavy atom. The van der Waals surface area contributed by atoms with Gasteiger partial charge in [0, 0.05) is 53.0 Å². The summed E-state index contributed by atoms with van der Waals surface area (Å²) < 4.78 is 8.84. The molecule has 0 spiro atoms. The van der Waals surface area contributed by atoms with Gasteiger partial charge in [0.15, 0.2) is 23.1 Å². The zero-order valence-electron chi connectivity index (χ0n) is 24.7. The van der Waals surface area contributed by atoms with Gasteiger partial charge in [-0.05, 0) is 52.6 Å². The molecule has 3 aromatic heterocycles. The number of benzene rings is 7. The minimum atomic E-state index is 0.512. The molecule has 0 aliphatic carbocycles. The van der Waals surface area contributed by atoms with Crippen LogP contribution >= 0.6 is 22.9 Å². The fourth-order valence-corrected chi connectivity index (χ4v) is 8.13. The lowest BCUT2D eigenvalue weighted by atomic mass is 10.0. The molecule has 0 N–H and O–H groups in total. The summed E-state index contributed by atoms with van der Waals surface area (Å²) in [6, 6.07) is 46.0. The number of nitrogens with zero attached hydrogens (tertiary/aromatic N) is 3. The van der Waals surface area contributed by atoms with E-state index in [0.717, 1.165) is 60.0 Å². The Kier molecular flexibility index (Phi) is 5.77. The molecular formula is C41H22ClN3OS. The van der Waals surface area contributed by atoms with E-state index >= 15 is 0 Å². The number of hydrogen-bond donors (Lipinski definition) is 0. The van der Waals surface area contributed by atoms with E-state index < -0.39 is 0 Å². The fourth-order valence-electron chi connectivity index (χ4n) is 6.74. The molecule has 0 saturated heterocycles. The molecule has 6 heteroatoms. The van der Waals surface area contributed by atoms with Crippen LogP contribution in [0.4, 0.5) is 0 Å². The van der Waals surface area contributed by atoms with Crippen LogP contribution < -0.4 is 0 Å². The first-order chi connectivity index (χ1) is 23.2. The van der Waals surface area contributed by atoms with Crippen LogP contribution in [0.1, 0.15) is 0 Å². The molecule has 0 fully saturated rings. The van der Waals surface area contributed by atoms with Crippen molar-refractivity contribution in [3.05, 3.63) is 138 Å². The zero-order chi connectivity index (χ0) is 31.1. The van der Waals surface area contributed by atoms with E-state index in [-0.39, 0.29) is 0 Å². The van der Waals surface area contributed by atoms with E-state index in [4.69, 9.17) is 31.0 Å². The second-order valence-electron chi connectivity index (χ2n) is 11.7. The Hall–Kier alpha value is -5.62. The van der Waals surface area contributed by atoms with E-state index in [0.29, 0.717) is 28.1 Å². The van der Waals surface area contributed by atoms with E-state index in [9.17, 15) is 0 Å². The molecule has 0 unspecified atom stereocenters. The molecule has 0 aliphatic heterocycles. The SMILES string of the molecule is Clc1cc(-c2nc(-c3ccc4ccccc4c3)nc(-c3cccc4sc5ccccc5c34)n2)cc2c1oc1c3ccccc3ccc21. The highest BCUT2D eigenvalue weighted by Gasteiger charge is 2.20. The molecule has 0 atom stereocenters. The summed E-state index contributed by atoms with van der Waals surface area (Å²) in [5, 5.41) is 9.24. The topological polar surface area (TPSA) is 51.8 Å². The van der Waals surface area contributed by atoms with Gasteiger partial charge in [-0.15, -0.1) is 11.3 Å². The summed E-state index contributed by atoms with van der Waals surface area (Å²) in [5.74, 6) is 1.77. The third-order valence-electron chi connectivity index (χ3n) is 8.96. The Morgan fingerprint density at radius 2 is 1.17 bits per heavy atom. The summed E-state index contributed by atoms with van der Waals surface area (Å²) in [7, 11) is 0. The number of halogens is 1. The van der Waals surface area contributed by atoms with Crippen LogP contribution in [-0.4, -0.2) is 15.0 Å². The van der Waals surface area contributed by atoms with Crippen LogP contribution in [0, 0.1) is 0 Å². The van der Waals surface area contributed by atoms with Gasteiger partial charge >= 0.3 is 0 Å². The monoisotopic (exact) mass is 639 g/mol. The highest BCUT2D eigenvalue weighted by atomic mass is 35.5. The summed E-state index contributed by atoms with van der Waals surface area (Å²) in [4.78, 5) is 15.4. The lowest BCUT2D eigenvalue weighted by Crippen LogP contribution is -2.00. The number of hydrogen-bond acceptors (Lipinski definition) is 5. The van der Waals surface area contributed by atoms with E-state index in [1.807, 2.05) is 18.2 Å². The number of aromatic nitrogens is 3. The average molecular weight is 640 g/mol. The van der Waals surface area contributed by atoms with Gasteiger partial charge in [-0.3, -0.25) is 0 Å². The van der Waals surface area contributed by atoms with E-state index in [1.54, 1.807) is 11.3 Å². The number of fused-ring (bicyclic) bond motifs is 9. The van der Waals surface area contributed by atoms with Crippen LogP contribution in [0.15, 0.2) is 138 Å². The van der Waals surface area contributed by atoms with Crippen molar-refractivity contribution in [2.75, 3.05) is 0 Å². The minimum absolute atomic E-state index is 0.512. The number of furan rings is 1. The second kappa shape index (κ2) is 10.2. The molecule has 7 aromatic carbocycles. The Labute approximate surface area is 277 Å². The normalized spacial score (nSPS) is 11.9. The van der Waals surface area contributed by atoms with Crippen molar-refractivity contribution in [3.63, 3.8) is 0 Å². The standard InChI is InChI=1S/C41H22ClN3OS/c42-33-22-27(21-32-29-19-18-24-9-3-4-11-28(24)37(29)46-38(32)33)40-43-39(26-17-16-23-8-1-2-10-25(23)20-26)44-41(45-40)31-13-7-15-35-36(31)30-12-5-6-14-34(30)47-35/h1-22H. The molecule has 0 radical (unpaired) electrons. The van der Waals surface area contributed by atoms with E-state index in [1.165, 1.54) is 14.8 Å². The lowest BCUT2D eigenvalue weighted by Gasteiger charge is -2.10. The Morgan fingerprint density at radius 3 is 2.06 bits per heavy atom. The maximum atomic E-state index is 6.98. The van der Waals surface area contributed by atoms with Gasteiger partial charge in [-0.2, -0.15) is 0 Å². The molecule has 220 valence electrons. The molecule has 0 amide bonds. The predicted molar refractivity (Wildman–Crippen MR) is 196 cm³/mol. The third kappa shape index (κ3) is 4.17. The maximum absolute atomic E-state index is 6.98. The molecular weight excluding hydrogens is 618 g/mol. The Bertz CT molecular complexity index is 2890. The quantitative estimate of drug-likeness (QED) is 0.193. The van der Waals surface area contributed by atoms with Gasteiger partial charge in [0.2, 0.25) is 0 Å². The molecule has 10 rings (SSSR count). The van der Waals surface area contributed by atoms with Gasteiger partial charge in [0.05, 0.1) is 5.02 Å². The van der Waals surface area contributed by atoms with Gasteiger partial charge < -0.3 is 4.42 Å². The lowest BCUT2D eigenvalue weighted by molar-refractivity contribution is 0.673. The van der Waals surface area contributed by atoms with Crippen LogP contribution in [0.3, 0.4) is 0 Å². The first-order valence-electron chi connectivity index (χ1n) is 15.4. The average Bonchev–Trinajstić information content (AvgIpc) is 3.70. The van der Waals surface area contributed by atoms with Crippen molar-refractivity contribution in [2.45, 2.75) is 0 Å². The summed E-state index contributed by atoms with van der Waals surface area (Å²) in [5.41, 5.74) is 4.16. The van der Waals surface area contributed by atoms with Crippen LogP contribution in [0.5, 0.6) is 0 Å². The van der Waals surface area contributed by atoms with Gasteiger partial charge in [-0.25, -0.2) is 15.0 Å². The van der Waals surface area contributed by atoms with Crippen LogP contribution in [0.2, 0.25) is 5.02 Å². The molecule has 3 heterocycles. The first kappa shape index (κ1) is 26.6. The summed E-state index contributed by atoms with van der Waals surface area (Å²) >= 11 is 8.76. The van der Waals surface area contributed by atoms with Crippen molar-refractivity contribution in [2.24, 2.45) is 0 Å². The van der Waals surface area contributed by atoms with Crippen molar-refractivity contribution in [1.82, 2.24) is 15.0 Å². The highest BCUT2D eigenvalue weighted by molar-refractivity contribution is 7.25. The molecule has 0 saturated carbocycles. The fraction of sp³-hybridized carbons (Fsp3) is 0. The molecule has 0 bridgehead atoms. The molecule has 4 nitrogen and oxygen atoms in total. The maximum Gasteiger partial charge on any atom is 0.164 e. The third-order valence-corrected chi connectivity index (χ3v) is 10.4. The van der Waals surface area contributed by atoms with E-state index in [2.05, 4.69) is 115 Å². The van der Waals surface area contributed by atoms with Crippen molar-refractivity contribution in [3.8, 4) is 34.2 Å². The van der Waals surface area contributed by atoms with Crippen molar-refractivity contribution < 1.29 is 4.42 Å². The van der Waals surface area contributed by atoms with Gasteiger partial charge in [0.1, 0.15) is 5.58 Å². The van der Waals surface area contributed by atoms with Crippen LogP contribution in [0.25, 0.3) is 97.8 Å². The van der Waals surface area contributed by atoms with Gasteiger partial charge in [-0.1, -0.05) is 109 Å². The summed E-state index contributed by atoms with van der Waals surface area (Å²) in [6.07, 6.45) is 0. The molecule has 0 aliphatic rings. The highest BCUT2D eigenvalue weighted by Crippen LogP contribution is 2.42. The number of thiophene rings is 1. The van der Waals surface area contributed by atoms with Gasteiger partial charge in [0.25, 0.3) is 0 Å². The van der Waals surface area contributed by atoms with Crippen molar-refractivity contribution in [1.29, 1.82) is 0 Å². The van der Waals surface area contributed by atoms with Crippen LogP contribution in [-0.2, 0) is 0 Å². The predicted octanol–water partition coefficient (Wildman–Crippen LogP) is 12.1. The Balaban J connectivity index is 1.25. The smallest absolute Gasteiger partial charge is 0.164 e. The molecule has 47 heavy (non-hydrogen) atoms. The minimum Gasteiger partial charge on any atom is -0.454 e. The van der Waals surface area contributed by atoms with Crippen molar-refractivity contribution >= 4 is 86.6 Å². The zero-order valence-corrected chi connectivity index (χ0v) is 26.3. The number of rotatable bonds is 3. The molecule has 10 aromatic rings. The largest absolute Gasteiger partial charge is 0.454 e. The second-order valence-corrected chi connectivity index (χ2v) is 13.2.